The molecule has 46 heavy (non-hydrogen) atoms. The first-order valence-electron chi connectivity index (χ1n) is 15.6. The zero-order valence-corrected chi connectivity index (χ0v) is 25.5. The monoisotopic (exact) mass is 588 g/mol. The Bertz CT molecular complexity index is 2570. The van der Waals surface area contributed by atoms with Crippen molar-refractivity contribution < 1.29 is 0 Å². The maximum absolute atomic E-state index is 9.82. The molecule has 0 N–H and O–H groups in total. The second kappa shape index (κ2) is 9.72. The Morgan fingerprint density at radius 2 is 1.35 bits per heavy atom. The van der Waals surface area contributed by atoms with Crippen LogP contribution in [0.2, 0.25) is 0 Å². The topological polar surface area (TPSA) is 54.5 Å². The minimum atomic E-state index is -0.389. The van der Waals surface area contributed by atoms with E-state index < -0.39 is 0 Å². The van der Waals surface area contributed by atoms with E-state index in [4.69, 9.17) is 9.97 Å². The number of aromatic nitrogens is 3. The molecular formula is C42H28N4. The van der Waals surface area contributed by atoms with Gasteiger partial charge in [0.25, 0.3) is 0 Å². The van der Waals surface area contributed by atoms with Gasteiger partial charge in [-0.05, 0) is 69.4 Å². The molecule has 0 saturated carbocycles. The second-order valence-corrected chi connectivity index (χ2v) is 12.6. The van der Waals surface area contributed by atoms with E-state index in [1.807, 2.05) is 24.3 Å². The van der Waals surface area contributed by atoms with E-state index in [9.17, 15) is 5.26 Å². The van der Waals surface area contributed by atoms with Crippen LogP contribution in [0.15, 0.2) is 133 Å². The predicted molar refractivity (Wildman–Crippen MR) is 187 cm³/mol. The van der Waals surface area contributed by atoms with Crippen molar-refractivity contribution in [2.24, 2.45) is 0 Å². The van der Waals surface area contributed by atoms with Gasteiger partial charge in [0, 0.05) is 27.3 Å². The van der Waals surface area contributed by atoms with Gasteiger partial charge in [-0.1, -0.05) is 111 Å². The number of nitriles is 1. The molecule has 216 valence electrons. The van der Waals surface area contributed by atoms with Crippen LogP contribution in [0.1, 0.15) is 30.7 Å². The molecule has 0 fully saturated rings. The highest BCUT2D eigenvalue weighted by Gasteiger charge is 2.40. The van der Waals surface area contributed by atoms with Gasteiger partial charge in [0.05, 0.1) is 34.1 Å². The van der Waals surface area contributed by atoms with Crippen LogP contribution in [-0.4, -0.2) is 14.5 Å². The van der Waals surface area contributed by atoms with E-state index >= 15 is 0 Å². The molecule has 0 bridgehead atoms. The molecule has 0 atom stereocenters. The Morgan fingerprint density at radius 1 is 0.609 bits per heavy atom. The molecule has 4 heteroatoms. The first-order valence-corrected chi connectivity index (χ1v) is 15.6. The maximum atomic E-state index is 9.82. The average molecular weight is 589 g/mol. The second-order valence-electron chi connectivity index (χ2n) is 12.6. The number of hydrogen-bond acceptors (Lipinski definition) is 3. The largest absolute Gasteiger partial charge is 0.278 e. The average Bonchev–Trinajstić information content (AvgIpc) is 3.54. The minimum absolute atomic E-state index is 0.389. The summed E-state index contributed by atoms with van der Waals surface area (Å²) in [5.41, 5.74) is 10.8. The van der Waals surface area contributed by atoms with E-state index in [2.05, 4.69) is 134 Å². The highest BCUT2D eigenvalue weighted by atomic mass is 15.2. The van der Waals surface area contributed by atoms with E-state index in [1.165, 1.54) is 32.8 Å². The van der Waals surface area contributed by atoms with Crippen LogP contribution in [0.25, 0.3) is 72.0 Å². The summed E-state index contributed by atoms with van der Waals surface area (Å²) in [7, 11) is 0. The SMILES string of the molecule is CC1(C)c2cc(-c3ccccc3)ccc2-c2c(-c3cccc(C#N)c3)nc(-n3c4ccccc4c4cc5ccccc5cc43)nc21. The minimum Gasteiger partial charge on any atom is -0.278 e. The van der Waals surface area contributed by atoms with E-state index in [-0.39, 0.29) is 5.41 Å². The highest BCUT2D eigenvalue weighted by Crippen LogP contribution is 2.52. The molecule has 0 aliphatic heterocycles. The fraction of sp³-hybridized carbons (Fsp3) is 0.0714. The first kappa shape index (κ1) is 26.4. The summed E-state index contributed by atoms with van der Waals surface area (Å²) < 4.78 is 2.21. The molecule has 8 aromatic rings. The molecule has 1 aliphatic rings. The summed E-state index contributed by atoms with van der Waals surface area (Å²) in [5.74, 6) is 0.627. The third-order valence-corrected chi connectivity index (χ3v) is 9.56. The van der Waals surface area contributed by atoms with Crippen molar-refractivity contribution in [3.8, 4) is 45.5 Å². The molecule has 4 nitrogen and oxygen atoms in total. The van der Waals surface area contributed by atoms with Gasteiger partial charge in [0.15, 0.2) is 0 Å². The van der Waals surface area contributed by atoms with Gasteiger partial charge in [-0.25, -0.2) is 9.97 Å². The zero-order valence-electron chi connectivity index (χ0n) is 25.5. The van der Waals surface area contributed by atoms with Crippen LogP contribution < -0.4 is 0 Å². The van der Waals surface area contributed by atoms with E-state index in [0.29, 0.717) is 11.5 Å². The molecule has 6 aromatic carbocycles. The Balaban J connectivity index is 1.37. The van der Waals surface area contributed by atoms with Crippen LogP contribution in [0.4, 0.5) is 0 Å². The third kappa shape index (κ3) is 3.79. The lowest BCUT2D eigenvalue weighted by Gasteiger charge is -2.22. The molecule has 0 amide bonds. The normalized spacial score (nSPS) is 13.2. The first-order chi connectivity index (χ1) is 22.5. The predicted octanol–water partition coefficient (Wildman–Crippen LogP) is 10.2. The van der Waals surface area contributed by atoms with Crippen molar-refractivity contribution >= 4 is 32.6 Å². The summed E-state index contributed by atoms with van der Waals surface area (Å²) in [6.45, 7) is 4.52. The molecule has 2 aromatic heterocycles. The zero-order chi connectivity index (χ0) is 31.0. The molecule has 0 spiro atoms. The summed E-state index contributed by atoms with van der Waals surface area (Å²) in [5, 5.41) is 14.5. The van der Waals surface area contributed by atoms with Crippen LogP contribution in [0.5, 0.6) is 0 Å². The van der Waals surface area contributed by atoms with Gasteiger partial charge >= 0.3 is 0 Å². The van der Waals surface area contributed by atoms with Gasteiger partial charge in [0.1, 0.15) is 0 Å². The molecule has 0 radical (unpaired) electrons. The van der Waals surface area contributed by atoms with Crippen molar-refractivity contribution in [1.29, 1.82) is 5.26 Å². The lowest BCUT2D eigenvalue weighted by Crippen LogP contribution is -2.19. The summed E-state index contributed by atoms with van der Waals surface area (Å²) in [6.07, 6.45) is 0. The lowest BCUT2D eigenvalue weighted by atomic mass is 9.84. The molecule has 2 heterocycles. The van der Waals surface area contributed by atoms with Crippen molar-refractivity contribution in [3.63, 3.8) is 0 Å². The summed E-state index contributed by atoms with van der Waals surface area (Å²) in [6, 6.07) is 48.8. The summed E-state index contributed by atoms with van der Waals surface area (Å²) >= 11 is 0. The van der Waals surface area contributed by atoms with Gasteiger partial charge in [0.2, 0.25) is 5.95 Å². The number of hydrogen-bond donors (Lipinski definition) is 0. The standard InChI is InChI=1S/C42H28N4/c1-42(2)35-23-30(27-12-4-3-5-13-27)19-20-33(35)38-39(31-16-10-11-26(21-31)25-43)44-41(45-40(38)42)46-36-18-9-8-17-32(36)34-22-28-14-6-7-15-29(28)24-37(34)46/h3-24H,1-2H3. The highest BCUT2D eigenvalue weighted by molar-refractivity contribution is 6.13. The molecule has 0 unspecified atom stereocenters. The summed E-state index contributed by atoms with van der Waals surface area (Å²) in [4.78, 5) is 10.9. The van der Waals surface area contributed by atoms with Crippen LogP contribution in [0.3, 0.4) is 0 Å². The number of fused-ring (bicyclic) bond motifs is 7. The fourth-order valence-electron chi connectivity index (χ4n) is 7.29. The Kier molecular flexibility index (Phi) is 5.57. The molecular weight excluding hydrogens is 560 g/mol. The molecule has 0 saturated heterocycles. The number of nitrogens with zero attached hydrogens (tertiary/aromatic N) is 4. The number of rotatable bonds is 3. The third-order valence-electron chi connectivity index (χ3n) is 9.56. The Hall–Kier alpha value is -6.05. The quantitative estimate of drug-likeness (QED) is 0.206. The van der Waals surface area contributed by atoms with Crippen LogP contribution in [-0.2, 0) is 5.41 Å². The van der Waals surface area contributed by atoms with Crippen molar-refractivity contribution in [1.82, 2.24) is 14.5 Å². The van der Waals surface area contributed by atoms with Crippen molar-refractivity contribution in [3.05, 3.63) is 150 Å². The number of benzene rings is 6. The smallest absolute Gasteiger partial charge is 0.235 e. The van der Waals surface area contributed by atoms with Crippen molar-refractivity contribution in [2.45, 2.75) is 19.3 Å². The molecule has 9 rings (SSSR count). The van der Waals surface area contributed by atoms with Crippen LogP contribution in [0, 0.1) is 11.3 Å². The van der Waals surface area contributed by atoms with E-state index in [0.717, 1.165) is 44.5 Å². The maximum Gasteiger partial charge on any atom is 0.235 e. The van der Waals surface area contributed by atoms with Gasteiger partial charge in [-0.2, -0.15) is 5.26 Å². The van der Waals surface area contributed by atoms with Gasteiger partial charge < -0.3 is 0 Å². The molecule has 1 aliphatic carbocycles. The number of para-hydroxylation sites is 1. The van der Waals surface area contributed by atoms with Gasteiger partial charge in [-0.3, -0.25) is 4.57 Å². The Labute approximate surface area is 266 Å². The van der Waals surface area contributed by atoms with Crippen LogP contribution >= 0.6 is 0 Å². The Morgan fingerprint density at radius 3 is 2.17 bits per heavy atom. The van der Waals surface area contributed by atoms with Gasteiger partial charge in [-0.15, -0.1) is 0 Å². The fourth-order valence-corrected chi connectivity index (χ4v) is 7.29. The van der Waals surface area contributed by atoms with E-state index in [1.54, 1.807) is 0 Å². The lowest BCUT2D eigenvalue weighted by molar-refractivity contribution is 0.633. The van der Waals surface area contributed by atoms with Crippen molar-refractivity contribution in [2.75, 3.05) is 0 Å².